The Balaban J connectivity index is 2.95. The minimum absolute atomic E-state index is 0.119. The maximum absolute atomic E-state index is 13.3. The Labute approximate surface area is 87.3 Å². The summed E-state index contributed by atoms with van der Waals surface area (Å²) in [5.74, 6) is -2.08. The zero-order chi connectivity index (χ0) is 11.3. The lowest BCUT2D eigenvalue weighted by Gasteiger charge is -2.03. The van der Waals surface area contributed by atoms with Gasteiger partial charge in [-0.2, -0.15) is 4.39 Å². The summed E-state index contributed by atoms with van der Waals surface area (Å²) in [6.07, 6.45) is 0. The Morgan fingerprint density at radius 3 is 2.53 bits per heavy atom. The molecule has 0 saturated carbocycles. The van der Waals surface area contributed by atoms with Crippen LogP contribution in [0.2, 0.25) is 0 Å². The minimum atomic E-state index is -1.05. The number of hydrogen-bond donors (Lipinski definition) is 1. The summed E-state index contributed by atoms with van der Waals surface area (Å²) in [6, 6.07) is 8.43. The molecule has 3 nitrogen and oxygen atoms in total. The molecule has 80 valence electrons. The van der Waals surface area contributed by atoms with E-state index in [4.69, 9.17) is 5.73 Å². The fourth-order valence-electron chi connectivity index (χ4n) is 1.05. The normalized spacial score (nSPS) is 11.9. The summed E-state index contributed by atoms with van der Waals surface area (Å²) in [5.41, 5.74) is 5.73. The summed E-state index contributed by atoms with van der Waals surface area (Å²) in [7, 11) is 0. The number of rotatable bonds is 3. The first kappa shape index (κ1) is 11.2. The van der Waals surface area contributed by atoms with Crippen molar-refractivity contribution in [2.45, 2.75) is 6.92 Å². The van der Waals surface area contributed by atoms with E-state index < -0.39 is 11.8 Å². The lowest BCUT2D eigenvalue weighted by Crippen LogP contribution is -2.10. The standard InChI is InChI=1S/C11H12FNO2/c1-2-15-11(14)9(12)10(13)8-6-4-3-5-7-8/h3-7H,2,13H2,1H3/b10-9-. The molecule has 1 aromatic rings. The number of hydrogen-bond acceptors (Lipinski definition) is 3. The Hall–Kier alpha value is -1.84. The van der Waals surface area contributed by atoms with Crippen LogP contribution >= 0.6 is 0 Å². The summed E-state index contributed by atoms with van der Waals surface area (Å²) in [5, 5.41) is 0. The van der Waals surface area contributed by atoms with E-state index in [1.807, 2.05) is 0 Å². The Kier molecular flexibility index (Phi) is 3.85. The predicted octanol–water partition coefficient (Wildman–Crippen LogP) is 1.85. The molecular weight excluding hydrogens is 197 g/mol. The van der Waals surface area contributed by atoms with Crippen LogP contribution in [0, 0.1) is 0 Å². The van der Waals surface area contributed by atoms with Crippen LogP contribution in [0.5, 0.6) is 0 Å². The van der Waals surface area contributed by atoms with Crippen molar-refractivity contribution in [2.75, 3.05) is 6.61 Å². The molecule has 0 unspecified atom stereocenters. The van der Waals surface area contributed by atoms with Crippen LogP contribution in [0.25, 0.3) is 5.70 Å². The molecule has 0 radical (unpaired) electrons. The molecule has 0 spiro atoms. The molecule has 0 aliphatic carbocycles. The second-order valence-electron chi connectivity index (χ2n) is 2.81. The topological polar surface area (TPSA) is 52.3 Å². The molecule has 0 amide bonds. The summed E-state index contributed by atoms with van der Waals surface area (Å²) in [4.78, 5) is 11.0. The van der Waals surface area contributed by atoms with Crippen molar-refractivity contribution in [1.29, 1.82) is 0 Å². The molecule has 1 rings (SSSR count). The second kappa shape index (κ2) is 5.14. The van der Waals surface area contributed by atoms with E-state index in [-0.39, 0.29) is 12.3 Å². The fourth-order valence-corrected chi connectivity index (χ4v) is 1.05. The third kappa shape index (κ3) is 2.80. The minimum Gasteiger partial charge on any atom is -0.461 e. The van der Waals surface area contributed by atoms with E-state index in [1.54, 1.807) is 37.3 Å². The van der Waals surface area contributed by atoms with Gasteiger partial charge in [0.15, 0.2) is 0 Å². The van der Waals surface area contributed by atoms with Crippen LogP contribution in [0.4, 0.5) is 4.39 Å². The first-order valence-corrected chi connectivity index (χ1v) is 4.54. The summed E-state index contributed by atoms with van der Waals surface area (Å²) in [6.45, 7) is 1.72. The number of carbonyl (C=O) groups is 1. The molecular formula is C11H12FNO2. The number of nitrogens with two attached hydrogens (primary N) is 1. The van der Waals surface area contributed by atoms with Gasteiger partial charge in [-0.1, -0.05) is 30.3 Å². The highest BCUT2D eigenvalue weighted by molar-refractivity contribution is 5.94. The van der Waals surface area contributed by atoms with Gasteiger partial charge in [0, 0.05) is 5.56 Å². The predicted molar refractivity (Wildman–Crippen MR) is 55.3 cm³/mol. The number of esters is 1. The molecule has 15 heavy (non-hydrogen) atoms. The number of carbonyl (C=O) groups excluding carboxylic acids is 1. The number of ether oxygens (including phenoxy) is 1. The van der Waals surface area contributed by atoms with Crippen molar-refractivity contribution < 1.29 is 13.9 Å². The third-order valence-electron chi connectivity index (χ3n) is 1.78. The molecule has 0 heterocycles. The van der Waals surface area contributed by atoms with Crippen LogP contribution < -0.4 is 5.73 Å². The highest BCUT2D eigenvalue weighted by Crippen LogP contribution is 2.15. The van der Waals surface area contributed by atoms with Gasteiger partial charge in [0.25, 0.3) is 0 Å². The van der Waals surface area contributed by atoms with E-state index in [0.29, 0.717) is 5.56 Å². The molecule has 4 heteroatoms. The average molecular weight is 209 g/mol. The molecule has 0 aromatic heterocycles. The van der Waals surface area contributed by atoms with Gasteiger partial charge in [-0.15, -0.1) is 0 Å². The molecule has 0 bridgehead atoms. The van der Waals surface area contributed by atoms with E-state index in [1.165, 1.54) is 0 Å². The Morgan fingerprint density at radius 2 is 2.00 bits per heavy atom. The molecule has 0 aliphatic rings. The van der Waals surface area contributed by atoms with Crippen LogP contribution in [-0.4, -0.2) is 12.6 Å². The molecule has 0 atom stereocenters. The van der Waals surface area contributed by atoms with E-state index in [9.17, 15) is 9.18 Å². The van der Waals surface area contributed by atoms with E-state index in [0.717, 1.165) is 0 Å². The molecule has 0 aliphatic heterocycles. The van der Waals surface area contributed by atoms with Gasteiger partial charge in [0.1, 0.15) is 0 Å². The smallest absolute Gasteiger partial charge is 0.369 e. The largest absolute Gasteiger partial charge is 0.461 e. The van der Waals surface area contributed by atoms with Crippen LogP contribution in [-0.2, 0) is 9.53 Å². The highest BCUT2D eigenvalue weighted by Gasteiger charge is 2.15. The van der Waals surface area contributed by atoms with Gasteiger partial charge < -0.3 is 10.5 Å². The van der Waals surface area contributed by atoms with Crippen LogP contribution in [0.3, 0.4) is 0 Å². The van der Waals surface area contributed by atoms with Crippen molar-refractivity contribution in [3.63, 3.8) is 0 Å². The van der Waals surface area contributed by atoms with Gasteiger partial charge in [-0.3, -0.25) is 0 Å². The van der Waals surface area contributed by atoms with Crippen molar-refractivity contribution >= 4 is 11.7 Å². The lowest BCUT2D eigenvalue weighted by atomic mass is 10.1. The van der Waals surface area contributed by atoms with Gasteiger partial charge in [0.05, 0.1) is 12.3 Å². The van der Waals surface area contributed by atoms with Gasteiger partial charge in [0.2, 0.25) is 5.83 Å². The van der Waals surface area contributed by atoms with Gasteiger partial charge in [-0.25, -0.2) is 4.79 Å². The zero-order valence-electron chi connectivity index (χ0n) is 8.37. The Morgan fingerprint density at radius 1 is 1.40 bits per heavy atom. The highest BCUT2D eigenvalue weighted by atomic mass is 19.1. The number of benzene rings is 1. The second-order valence-corrected chi connectivity index (χ2v) is 2.81. The van der Waals surface area contributed by atoms with Gasteiger partial charge in [-0.05, 0) is 6.92 Å². The first-order valence-electron chi connectivity index (χ1n) is 4.54. The third-order valence-corrected chi connectivity index (χ3v) is 1.78. The van der Waals surface area contributed by atoms with E-state index in [2.05, 4.69) is 4.74 Å². The van der Waals surface area contributed by atoms with Crippen LogP contribution in [0.15, 0.2) is 36.2 Å². The van der Waals surface area contributed by atoms with E-state index >= 15 is 0 Å². The van der Waals surface area contributed by atoms with Crippen molar-refractivity contribution in [3.05, 3.63) is 41.7 Å². The number of halogens is 1. The maximum atomic E-state index is 13.3. The molecule has 2 N–H and O–H groups in total. The zero-order valence-corrected chi connectivity index (χ0v) is 8.37. The Bertz CT molecular complexity index is 373. The molecule has 0 saturated heterocycles. The first-order chi connectivity index (χ1) is 7.16. The van der Waals surface area contributed by atoms with Gasteiger partial charge >= 0.3 is 5.97 Å². The fraction of sp³-hybridized carbons (Fsp3) is 0.182. The average Bonchev–Trinajstić information content (AvgIpc) is 2.28. The van der Waals surface area contributed by atoms with Crippen molar-refractivity contribution in [1.82, 2.24) is 0 Å². The quantitative estimate of drug-likeness (QED) is 0.610. The summed E-state index contributed by atoms with van der Waals surface area (Å²) < 4.78 is 17.8. The van der Waals surface area contributed by atoms with Crippen LogP contribution in [0.1, 0.15) is 12.5 Å². The summed E-state index contributed by atoms with van der Waals surface area (Å²) >= 11 is 0. The molecule has 1 aromatic carbocycles. The molecule has 0 fully saturated rings. The maximum Gasteiger partial charge on any atom is 0.369 e. The monoisotopic (exact) mass is 209 g/mol. The van der Waals surface area contributed by atoms with Crippen molar-refractivity contribution in [2.24, 2.45) is 5.73 Å². The SMILES string of the molecule is CCOC(=O)/C(F)=C(/N)c1ccccc1. The van der Waals surface area contributed by atoms with Crippen molar-refractivity contribution in [3.8, 4) is 0 Å². The lowest BCUT2D eigenvalue weighted by molar-refractivity contribution is -0.140.